The average molecular weight is 220 g/mol. The summed E-state index contributed by atoms with van der Waals surface area (Å²) in [5.74, 6) is 0.457. The summed E-state index contributed by atoms with van der Waals surface area (Å²) in [6, 6.07) is 6.16. The molecular formula is C13H20N2O. The third-order valence-corrected chi connectivity index (χ3v) is 3.19. The third kappa shape index (κ3) is 3.03. The van der Waals surface area contributed by atoms with Gasteiger partial charge in [-0.25, -0.2) is 0 Å². The maximum Gasteiger partial charge on any atom is 0.0547 e. The van der Waals surface area contributed by atoms with Crippen molar-refractivity contribution in [3.63, 3.8) is 0 Å². The molecule has 0 radical (unpaired) electrons. The molecule has 3 nitrogen and oxygen atoms in total. The average Bonchev–Trinajstić information content (AvgIpc) is 2.29. The lowest BCUT2D eigenvalue weighted by Gasteiger charge is -2.31. The normalized spacial score (nSPS) is 22.2. The van der Waals surface area contributed by atoms with Crippen LogP contribution in [0.1, 0.15) is 24.2 Å². The molecule has 0 spiro atoms. The molecule has 2 heterocycles. The van der Waals surface area contributed by atoms with Gasteiger partial charge in [-0.05, 0) is 44.4 Å². The number of hydrogen-bond donors (Lipinski definition) is 1. The third-order valence-electron chi connectivity index (χ3n) is 3.19. The lowest BCUT2D eigenvalue weighted by atomic mass is 9.99. The Morgan fingerprint density at radius 1 is 1.50 bits per heavy atom. The van der Waals surface area contributed by atoms with Gasteiger partial charge >= 0.3 is 0 Å². The number of aromatic nitrogens is 1. The van der Waals surface area contributed by atoms with E-state index < -0.39 is 0 Å². The van der Waals surface area contributed by atoms with Gasteiger partial charge in [-0.15, -0.1) is 0 Å². The molecule has 1 atom stereocenters. The molecule has 1 aliphatic heterocycles. The largest absolute Gasteiger partial charge is 0.396 e. The first-order chi connectivity index (χ1) is 7.78. The number of hydrogen-bond acceptors (Lipinski definition) is 3. The van der Waals surface area contributed by atoms with Crippen LogP contribution in [0.3, 0.4) is 0 Å². The summed E-state index contributed by atoms with van der Waals surface area (Å²) >= 11 is 0. The van der Waals surface area contributed by atoms with Gasteiger partial charge in [0.05, 0.1) is 5.69 Å². The lowest BCUT2D eigenvalue weighted by Crippen LogP contribution is -2.36. The Balaban J connectivity index is 1.94. The van der Waals surface area contributed by atoms with Gasteiger partial charge in [0.15, 0.2) is 0 Å². The van der Waals surface area contributed by atoms with Crippen molar-refractivity contribution in [3.05, 3.63) is 29.6 Å². The van der Waals surface area contributed by atoms with Crippen molar-refractivity contribution in [2.24, 2.45) is 5.92 Å². The van der Waals surface area contributed by atoms with E-state index in [1.807, 2.05) is 13.0 Å². The number of pyridine rings is 1. The van der Waals surface area contributed by atoms with E-state index in [-0.39, 0.29) is 0 Å². The first-order valence-corrected chi connectivity index (χ1v) is 6.03. The van der Waals surface area contributed by atoms with E-state index in [2.05, 4.69) is 22.0 Å². The van der Waals surface area contributed by atoms with Gasteiger partial charge in [0.1, 0.15) is 0 Å². The second-order valence-corrected chi connectivity index (χ2v) is 4.70. The van der Waals surface area contributed by atoms with Crippen LogP contribution in [0.25, 0.3) is 0 Å². The second-order valence-electron chi connectivity index (χ2n) is 4.70. The summed E-state index contributed by atoms with van der Waals surface area (Å²) in [4.78, 5) is 6.91. The molecule has 1 fully saturated rings. The lowest BCUT2D eigenvalue weighted by molar-refractivity contribution is 0.115. The number of rotatable bonds is 3. The molecule has 0 bridgehead atoms. The Hall–Kier alpha value is -0.930. The number of nitrogens with zero attached hydrogens (tertiary/aromatic N) is 2. The van der Waals surface area contributed by atoms with Crippen molar-refractivity contribution in [2.45, 2.75) is 26.3 Å². The fourth-order valence-corrected chi connectivity index (χ4v) is 2.36. The van der Waals surface area contributed by atoms with Crippen molar-refractivity contribution in [2.75, 3.05) is 19.7 Å². The topological polar surface area (TPSA) is 36.4 Å². The predicted molar refractivity (Wildman–Crippen MR) is 64.1 cm³/mol. The maximum atomic E-state index is 9.18. The van der Waals surface area contributed by atoms with Crippen LogP contribution >= 0.6 is 0 Å². The highest BCUT2D eigenvalue weighted by Gasteiger charge is 2.19. The van der Waals surface area contributed by atoms with Crippen LogP contribution in [0.4, 0.5) is 0 Å². The maximum absolute atomic E-state index is 9.18. The smallest absolute Gasteiger partial charge is 0.0547 e. The minimum Gasteiger partial charge on any atom is -0.396 e. The molecule has 88 valence electrons. The van der Waals surface area contributed by atoms with Gasteiger partial charge in [0.25, 0.3) is 0 Å². The van der Waals surface area contributed by atoms with Crippen LogP contribution in [-0.4, -0.2) is 34.7 Å². The number of aliphatic hydroxyl groups excluding tert-OH is 1. The minimum absolute atomic E-state index is 0.317. The molecule has 0 aliphatic carbocycles. The Morgan fingerprint density at radius 3 is 3.12 bits per heavy atom. The number of piperidine rings is 1. The monoisotopic (exact) mass is 220 g/mol. The molecule has 0 amide bonds. The predicted octanol–water partition coefficient (Wildman–Crippen LogP) is 1.59. The molecular weight excluding hydrogens is 200 g/mol. The van der Waals surface area contributed by atoms with Crippen LogP contribution < -0.4 is 0 Å². The molecule has 1 aromatic heterocycles. The van der Waals surface area contributed by atoms with Crippen LogP contribution in [0.2, 0.25) is 0 Å². The Kier molecular flexibility index (Phi) is 3.91. The van der Waals surface area contributed by atoms with Crippen molar-refractivity contribution in [3.8, 4) is 0 Å². The van der Waals surface area contributed by atoms with Crippen molar-refractivity contribution in [1.29, 1.82) is 0 Å². The quantitative estimate of drug-likeness (QED) is 0.840. The fraction of sp³-hybridized carbons (Fsp3) is 0.615. The number of aliphatic hydroxyl groups is 1. The summed E-state index contributed by atoms with van der Waals surface area (Å²) in [7, 11) is 0. The standard InChI is InChI=1S/C13H20N2O/c1-11-4-2-6-13(14-11)9-15-7-3-5-12(8-15)10-16/h2,4,6,12,16H,3,5,7-10H2,1H3. The van der Waals surface area contributed by atoms with Crippen molar-refractivity contribution < 1.29 is 5.11 Å². The van der Waals surface area contributed by atoms with Gasteiger partial charge in [0, 0.05) is 25.4 Å². The van der Waals surface area contributed by atoms with E-state index in [0.717, 1.165) is 37.4 Å². The molecule has 16 heavy (non-hydrogen) atoms. The van der Waals surface area contributed by atoms with E-state index in [9.17, 15) is 5.11 Å². The first-order valence-electron chi connectivity index (χ1n) is 6.03. The molecule has 1 aromatic rings. The van der Waals surface area contributed by atoms with Crippen molar-refractivity contribution >= 4 is 0 Å². The Bertz CT molecular complexity index is 340. The first kappa shape index (κ1) is 11.6. The minimum atomic E-state index is 0.317. The number of likely N-dealkylation sites (tertiary alicyclic amines) is 1. The van der Waals surface area contributed by atoms with Crippen molar-refractivity contribution in [1.82, 2.24) is 9.88 Å². The highest BCUT2D eigenvalue weighted by atomic mass is 16.3. The molecule has 1 N–H and O–H groups in total. The molecule has 1 saturated heterocycles. The van der Waals surface area contributed by atoms with E-state index in [1.54, 1.807) is 0 Å². The molecule has 3 heteroatoms. The van der Waals surface area contributed by atoms with Gasteiger partial charge in [0.2, 0.25) is 0 Å². The Labute approximate surface area is 97.1 Å². The summed E-state index contributed by atoms with van der Waals surface area (Å²) in [5, 5.41) is 9.18. The van der Waals surface area contributed by atoms with Crippen LogP contribution in [0, 0.1) is 12.8 Å². The second kappa shape index (κ2) is 5.41. The zero-order valence-corrected chi connectivity index (χ0v) is 9.89. The molecule has 2 rings (SSSR count). The molecule has 0 aromatic carbocycles. The summed E-state index contributed by atoms with van der Waals surface area (Å²) in [5.41, 5.74) is 2.21. The molecule has 1 aliphatic rings. The summed E-state index contributed by atoms with van der Waals surface area (Å²) in [6.07, 6.45) is 2.35. The van der Waals surface area contributed by atoms with E-state index >= 15 is 0 Å². The molecule has 0 saturated carbocycles. The summed E-state index contributed by atoms with van der Waals surface area (Å²) < 4.78 is 0. The van der Waals surface area contributed by atoms with Gasteiger partial charge in [-0.1, -0.05) is 6.07 Å². The molecule has 1 unspecified atom stereocenters. The summed E-state index contributed by atoms with van der Waals surface area (Å²) in [6.45, 7) is 5.39. The highest BCUT2D eigenvalue weighted by Crippen LogP contribution is 2.17. The SMILES string of the molecule is Cc1cccc(CN2CCCC(CO)C2)n1. The van der Waals surface area contributed by atoms with Gasteiger partial charge in [-0.3, -0.25) is 9.88 Å². The Morgan fingerprint density at radius 2 is 2.38 bits per heavy atom. The van der Waals surface area contributed by atoms with Gasteiger partial charge in [-0.2, -0.15) is 0 Å². The fourth-order valence-electron chi connectivity index (χ4n) is 2.36. The highest BCUT2D eigenvalue weighted by molar-refractivity contribution is 5.09. The zero-order chi connectivity index (χ0) is 11.4. The van der Waals surface area contributed by atoms with Gasteiger partial charge < -0.3 is 5.11 Å². The number of aryl methyl sites for hydroxylation is 1. The van der Waals surface area contributed by atoms with E-state index in [1.165, 1.54) is 6.42 Å². The van der Waals surface area contributed by atoms with Crippen LogP contribution in [0.5, 0.6) is 0 Å². The zero-order valence-electron chi connectivity index (χ0n) is 9.89. The van der Waals surface area contributed by atoms with E-state index in [0.29, 0.717) is 12.5 Å². The van der Waals surface area contributed by atoms with E-state index in [4.69, 9.17) is 0 Å². The van der Waals surface area contributed by atoms with Crippen LogP contribution in [-0.2, 0) is 6.54 Å². The van der Waals surface area contributed by atoms with Crippen LogP contribution in [0.15, 0.2) is 18.2 Å².